The molecule has 2 rings (SSSR count). The zero-order valence-electron chi connectivity index (χ0n) is 15.3. The van der Waals surface area contributed by atoms with Crippen LogP contribution in [-0.4, -0.2) is 29.8 Å². The van der Waals surface area contributed by atoms with Gasteiger partial charge in [-0.25, -0.2) is 4.79 Å². The minimum Gasteiger partial charge on any atom is -0.462 e. The molecule has 0 amide bonds. The molecule has 7 heteroatoms. The third-order valence-corrected chi connectivity index (χ3v) is 5.57. The lowest BCUT2D eigenvalue weighted by Crippen LogP contribution is -2.34. The van der Waals surface area contributed by atoms with Crippen LogP contribution >= 0.6 is 23.6 Å². The fourth-order valence-electron chi connectivity index (χ4n) is 2.59. The van der Waals surface area contributed by atoms with Crippen molar-refractivity contribution in [2.45, 2.75) is 52.7 Å². The van der Waals surface area contributed by atoms with E-state index in [1.54, 1.807) is 0 Å². The van der Waals surface area contributed by atoms with Gasteiger partial charge in [-0.2, -0.15) is 0 Å². The maximum absolute atomic E-state index is 12.6. The number of ether oxygens (including phenoxy) is 2. The van der Waals surface area contributed by atoms with Gasteiger partial charge in [0, 0.05) is 17.8 Å². The number of anilines is 1. The molecular weight excluding hydrogens is 356 g/mol. The predicted molar refractivity (Wildman–Crippen MR) is 107 cm³/mol. The Morgan fingerprint density at radius 1 is 1.48 bits per heavy atom. The zero-order chi connectivity index (χ0) is 18.6. The van der Waals surface area contributed by atoms with Crippen molar-refractivity contribution in [3.05, 3.63) is 28.2 Å². The molecule has 1 aliphatic rings. The summed E-state index contributed by atoms with van der Waals surface area (Å²) in [5, 5.41) is 7.41. The van der Waals surface area contributed by atoms with Crippen molar-refractivity contribution >= 4 is 39.6 Å². The van der Waals surface area contributed by atoms with E-state index >= 15 is 0 Å². The summed E-state index contributed by atoms with van der Waals surface area (Å²) >= 11 is 6.84. The van der Waals surface area contributed by atoms with Crippen molar-refractivity contribution in [3.63, 3.8) is 0 Å². The number of carbonyl (C=O) groups excluding carboxylic acids is 1. The smallest absolute Gasteiger partial charge is 0.341 e. The third-order valence-electron chi connectivity index (χ3n) is 4.20. The Bertz CT molecular complexity index is 684. The Hall–Kier alpha value is -1.44. The van der Waals surface area contributed by atoms with E-state index in [-0.39, 0.29) is 11.6 Å². The molecule has 0 aromatic carbocycles. The number of thiophene rings is 1. The van der Waals surface area contributed by atoms with Gasteiger partial charge < -0.3 is 20.1 Å². The number of rotatable bonds is 6. The van der Waals surface area contributed by atoms with Crippen LogP contribution in [0.2, 0.25) is 0 Å². The van der Waals surface area contributed by atoms with Crippen molar-refractivity contribution in [1.82, 2.24) is 5.32 Å². The van der Waals surface area contributed by atoms with E-state index in [9.17, 15) is 4.79 Å². The third kappa shape index (κ3) is 4.80. The number of fused-ring (bicyclic) bond motifs is 1. The molecule has 1 aromatic heterocycles. The van der Waals surface area contributed by atoms with Crippen LogP contribution in [0.25, 0.3) is 0 Å². The van der Waals surface area contributed by atoms with Gasteiger partial charge in [0.25, 0.3) is 0 Å². The van der Waals surface area contributed by atoms with Crippen LogP contribution < -0.4 is 10.6 Å². The summed E-state index contributed by atoms with van der Waals surface area (Å²) in [6, 6.07) is 0. The van der Waals surface area contributed by atoms with Crippen LogP contribution in [0.5, 0.6) is 0 Å². The number of carbonyl (C=O) groups is 1. The summed E-state index contributed by atoms with van der Waals surface area (Å²) in [6.07, 6.45) is 1.57. The molecule has 0 unspecified atom stereocenters. The van der Waals surface area contributed by atoms with Gasteiger partial charge in [0.05, 0.1) is 24.4 Å². The van der Waals surface area contributed by atoms with Gasteiger partial charge in [0.1, 0.15) is 5.00 Å². The topological polar surface area (TPSA) is 59.6 Å². The Labute approximate surface area is 158 Å². The molecule has 0 saturated heterocycles. The summed E-state index contributed by atoms with van der Waals surface area (Å²) < 4.78 is 11.3. The lowest BCUT2D eigenvalue weighted by molar-refractivity contribution is -0.0548. The molecular formula is C18H26N2O3S2. The molecule has 0 spiro atoms. The van der Waals surface area contributed by atoms with Gasteiger partial charge in [0.2, 0.25) is 0 Å². The molecule has 1 aliphatic heterocycles. The lowest BCUT2D eigenvalue weighted by atomic mass is 9.89. The second kappa shape index (κ2) is 8.29. The largest absolute Gasteiger partial charge is 0.462 e. The van der Waals surface area contributed by atoms with E-state index in [0.717, 1.165) is 22.4 Å². The van der Waals surface area contributed by atoms with E-state index in [4.69, 9.17) is 21.7 Å². The van der Waals surface area contributed by atoms with Crippen LogP contribution in [0.3, 0.4) is 0 Å². The highest BCUT2D eigenvalue weighted by Crippen LogP contribution is 2.41. The molecule has 2 N–H and O–H groups in total. The molecule has 1 aromatic rings. The minimum atomic E-state index is -0.314. The van der Waals surface area contributed by atoms with Crippen LogP contribution in [0.1, 0.15) is 54.9 Å². The molecule has 0 bridgehead atoms. The highest BCUT2D eigenvalue weighted by molar-refractivity contribution is 7.80. The van der Waals surface area contributed by atoms with Crippen LogP contribution in [0, 0.1) is 0 Å². The first-order valence-corrected chi connectivity index (χ1v) is 9.67. The van der Waals surface area contributed by atoms with Crippen LogP contribution in [0.15, 0.2) is 12.2 Å². The fraction of sp³-hybridized carbons (Fsp3) is 0.556. The SMILES string of the molecule is C=C(C)CNC(=S)Nc1sc2c(c1C(=O)OCC)C[C@](C)(CC)OC2. The van der Waals surface area contributed by atoms with E-state index in [1.807, 2.05) is 13.8 Å². The monoisotopic (exact) mass is 382 g/mol. The number of hydrogen-bond acceptors (Lipinski definition) is 5. The molecule has 0 saturated carbocycles. The highest BCUT2D eigenvalue weighted by atomic mass is 32.1. The molecule has 5 nitrogen and oxygen atoms in total. The fourth-order valence-corrected chi connectivity index (χ4v) is 3.96. The maximum atomic E-state index is 12.6. The van der Waals surface area contributed by atoms with Gasteiger partial charge in [-0.15, -0.1) is 11.3 Å². The van der Waals surface area contributed by atoms with E-state index < -0.39 is 0 Å². The molecule has 0 radical (unpaired) electrons. The van der Waals surface area contributed by atoms with Gasteiger partial charge in [-0.3, -0.25) is 0 Å². The van der Waals surface area contributed by atoms with Gasteiger partial charge in [-0.1, -0.05) is 19.1 Å². The number of esters is 1. The molecule has 1 atom stereocenters. The second-order valence-electron chi connectivity index (χ2n) is 6.46. The number of nitrogens with one attached hydrogen (secondary N) is 2. The van der Waals surface area contributed by atoms with Crippen LogP contribution in [-0.2, 0) is 22.5 Å². The summed E-state index contributed by atoms with van der Waals surface area (Å²) in [7, 11) is 0. The van der Waals surface area contributed by atoms with Crippen molar-refractivity contribution in [3.8, 4) is 0 Å². The standard InChI is InChI=1S/C18H26N2O3S2/c1-6-18(5)8-12-13(10-23-18)25-15(14(12)16(21)22-7-2)20-17(24)19-9-11(3)4/h3,6-10H2,1-2,4-5H3,(H2,19,20,24)/t18-/m0/s1. The Balaban J connectivity index is 2.32. The average Bonchev–Trinajstić information content (AvgIpc) is 2.90. The summed E-state index contributed by atoms with van der Waals surface area (Å²) in [6.45, 7) is 13.2. The van der Waals surface area contributed by atoms with Crippen molar-refractivity contribution in [1.29, 1.82) is 0 Å². The summed E-state index contributed by atoms with van der Waals surface area (Å²) in [5.74, 6) is -0.314. The Morgan fingerprint density at radius 3 is 2.80 bits per heavy atom. The quantitative estimate of drug-likeness (QED) is 0.440. The second-order valence-corrected chi connectivity index (χ2v) is 7.98. The van der Waals surface area contributed by atoms with Crippen molar-refractivity contribution in [2.75, 3.05) is 18.5 Å². The first kappa shape index (κ1) is 19.9. The van der Waals surface area contributed by atoms with Gasteiger partial charge >= 0.3 is 5.97 Å². The summed E-state index contributed by atoms with van der Waals surface area (Å²) in [4.78, 5) is 13.6. The molecule has 0 aliphatic carbocycles. The number of hydrogen-bond donors (Lipinski definition) is 2. The van der Waals surface area contributed by atoms with Crippen LogP contribution in [0.4, 0.5) is 5.00 Å². The highest BCUT2D eigenvalue weighted by Gasteiger charge is 2.35. The lowest BCUT2D eigenvalue weighted by Gasteiger charge is -2.33. The van der Waals surface area contributed by atoms with E-state index in [2.05, 4.69) is 31.1 Å². The normalized spacial score (nSPS) is 19.0. The first-order valence-electron chi connectivity index (χ1n) is 8.44. The number of thiocarbonyl (C=S) groups is 1. The molecule has 138 valence electrons. The molecule has 25 heavy (non-hydrogen) atoms. The minimum absolute atomic E-state index is 0.259. The summed E-state index contributed by atoms with van der Waals surface area (Å²) in [5.41, 5.74) is 2.33. The average molecular weight is 383 g/mol. The Kier molecular flexibility index (Phi) is 6.59. The van der Waals surface area contributed by atoms with E-state index in [1.165, 1.54) is 11.3 Å². The van der Waals surface area contributed by atoms with Gasteiger partial charge in [0.15, 0.2) is 5.11 Å². The van der Waals surface area contributed by atoms with E-state index in [0.29, 0.717) is 41.9 Å². The zero-order valence-corrected chi connectivity index (χ0v) is 16.9. The Morgan fingerprint density at radius 2 is 2.20 bits per heavy atom. The van der Waals surface area contributed by atoms with Gasteiger partial charge in [-0.05, 0) is 45.0 Å². The predicted octanol–water partition coefficient (Wildman–Crippen LogP) is 4.03. The first-order chi connectivity index (χ1) is 11.8. The maximum Gasteiger partial charge on any atom is 0.341 e. The van der Waals surface area contributed by atoms with Crippen molar-refractivity contribution < 1.29 is 14.3 Å². The molecule has 2 heterocycles. The molecule has 0 fully saturated rings. The van der Waals surface area contributed by atoms with Crippen molar-refractivity contribution in [2.24, 2.45) is 0 Å².